The summed E-state index contributed by atoms with van der Waals surface area (Å²) in [5.74, 6) is -1.55. The first kappa shape index (κ1) is 25.0. The van der Waals surface area contributed by atoms with E-state index in [9.17, 15) is 14.7 Å². The minimum absolute atomic E-state index is 0.266. The quantitative estimate of drug-likeness (QED) is 0.305. The number of hydrogen-bond acceptors (Lipinski definition) is 8. The predicted octanol–water partition coefficient (Wildman–Crippen LogP) is 4.21. The second-order valence-corrected chi connectivity index (χ2v) is 9.56. The number of anilines is 2. The van der Waals surface area contributed by atoms with Crippen LogP contribution < -0.4 is 15.4 Å². The lowest BCUT2D eigenvalue weighted by atomic mass is 9.98. The molecule has 11 nitrogen and oxygen atoms in total. The highest BCUT2D eigenvalue weighted by molar-refractivity contribution is 6.09. The van der Waals surface area contributed by atoms with Crippen molar-refractivity contribution in [1.82, 2.24) is 24.5 Å². The van der Waals surface area contributed by atoms with Crippen molar-refractivity contribution in [3.05, 3.63) is 72.8 Å². The highest BCUT2D eigenvalue weighted by Crippen LogP contribution is 2.42. The number of nitrogen functional groups attached to an aromatic ring is 1. The Labute approximate surface area is 228 Å². The summed E-state index contributed by atoms with van der Waals surface area (Å²) in [4.78, 5) is 42.7. The van der Waals surface area contributed by atoms with Gasteiger partial charge in [0, 0.05) is 36.7 Å². The number of rotatable bonds is 6. The van der Waals surface area contributed by atoms with Gasteiger partial charge < -0.3 is 25.0 Å². The van der Waals surface area contributed by atoms with Crippen LogP contribution >= 0.6 is 0 Å². The lowest BCUT2D eigenvalue weighted by Crippen LogP contribution is -2.30. The maximum atomic E-state index is 12.6. The van der Waals surface area contributed by atoms with Crippen LogP contribution in [0.25, 0.3) is 33.4 Å². The lowest BCUT2D eigenvalue weighted by Gasteiger charge is -2.17. The molecule has 0 saturated carbocycles. The van der Waals surface area contributed by atoms with Crippen LogP contribution in [0.3, 0.4) is 0 Å². The summed E-state index contributed by atoms with van der Waals surface area (Å²) in [6.45, 7) is 2.23. The minimum Gasteiger partial charge on any atom is -0.481 e. The fourth-order valence-electron chi connectivity index (χ4n) is 5.13. The number of ether oxygens (including phenoxy) is 1. The van der Waals surface area contributed by atoms with E-state index in [4.69, 9.17) is 10.5 Å². The molecule has 200 valence electrons. The van der Waals surface area contributed by atoms with Gasteiger partial charge in [-0.1, -0.05) is 24.3 Å². The molecular formula is C29H25N7O4. The van der Waals surface area contributed by atoms with Gasteiger partial charge in [-0.2, -0.15) is 0 Å². The Balaban J connectivity index is 1.40. The summed E-state index contributed by atoms with van der Waals surface area (Å²) in [5, 5.41) is 10.0. The SMILES string of the molecule is Cc1ccnc(Oc2ccc(-c3c(-c4ccc(N5CCC(C(=O)O)C5=O)cc4)n(C)c4ncnc(N)c34)cc2)n1. The second-order valence-electron chi connectivity index (χ2n) is 9.56. The number of carbonyl (C=O) groups is 2. The molecule has 4 heterocycles. The molecule has 3 N–H and O–H groups in total. The Morgan fingerprint density at radius 1 is 1.02 bits per heavy atom. The van der Waals surface area contributed by atoms with E-state index in [1.807, 2.05) is 67.1 Å². The number of aryl methyl sites for hydroxylation is 2. The van der Waals surface area contributed by atoms with Gasteiger partial charge in [0.05, 0.1) is 11.1 Å². The van der Waals surface area contributed by atoms with Crippen LogP contribution in [0, 0.1) is 12.8 Å². The molecule has 1 unspecified atom stereocenters. The van der Waals surface area contributed by atoms with Crippen molar-refractivity contribution in [2.24, 2.45) is 13.0 Å². The normalized spacial score (nSPS) is 15.1. The van der Waals surface area contributed by atoms with Crippen LogP contribution in [0.2, 0.25) is 0 Å². The Hall–Kier alpha value is -5.32. The number of amides is 1. The van der Waals surface area contributed by atoms with Crippen molar-refractivity contribution in [3.8, 4) is 34.1 Å². The van der Waals surface area contributed by atoms with E-state index in [1.165, 1.54) is 11.2 Å². The molecule has 0 bridgehead atoms. The summed E-state index contributed by atoms with van der Waals surface area (Å²) in [7, 11) is 1.91. The highest BCUT2D eigenvalue weighted by atomic mass is 16.5. The van der Waals surface area contributed by atoms with E-state index in [2.05, 4.69) is 19.9 Å². The Bertz CT molecular complexity index is 1760. The van der Waals surface area contributed by atoms with Gasteiger partial charge in [0.25, 0.3) is 0 Å². The number of nitrogens with two attached hydrogens (primary N) is 1. The maximum Gasteiger partial charge on any atom is 0.322 e. The van der Waals surface area contributed by atoms with E-state index >= 15 is 0 Å². The van der Waals surface area contributed by atoms with Crippen molar-refractivity contribution in [1.29, 1.82) is 0 Å². The van der Waals surface area contributed by atoms with Gasteiger partial charge in [0.2, 0.25) is 5.91 Å². The zero-order chi connectivity index (χ0) is 28.0. The van der Waals surface area contributed by atoms with Crippen LogP contribution in [0.15, 0.2) is 67.1 Å². The summed E-state index contributed by atoms with van der Waals surface area (Å²) in [6, 6.07) is 17.1. The number of carboxylic acids is 1. The summed E-state index contributed by atoms with van der Waals surface area (Å²) in [5.41, 5.74) is 12.0. The molecule has 6 rings (SSSR count). The van der Waals surface area contributed by atoms with Crippen molar-refractivity contribution in [3.63, 3.8) is 0 Å². The molecule has 3 aromatic heterocycles. The molecule has 1 amide bonds. The van der Waals surface area contributed by atoms with Gasteiger partial charge in [-0.05, 0) is 54.8 Å². The standard InChI is InChI=1S/C29H25N7O4/c1-16-11-13-31-29(34-16)40-20-9-5-17(6-10-20)22-23-25(30)32-15-33-26(23)35(2)24(22)18-3-7-19(8-4-18)36-14-12-21(27(36)37)28(38)39/h3-11,13,15,21H,12,14H2,1-2H3,(H,38,39)(H2,30,32,33). The Morgan fingerprint density at radius 2 is 1.75 bits per heavy atom. The first-order chi connectivity index (χ1) is 19.3. The van der Waals surface area contributed by atoms with Gasteiger partial charge in [0.15, 0.2) is 0 Å². The average Bonchev–Trinajstić information content (AvgIpc) is 3.47. The van der Waals surface area contributed by atoms with E-state index < -0.39 is 17.8 Å². The number of carbonyl (C=O) groups excluding carboxylic acids is 1. The molecule has 11 heteroatoms. The first-order valence-electron chi connectivity index (χ1n) is 12.6. The summed E-state index contributed by atoms with van der Waals surface area (Å²) >= 11 is 0. The molecule has 40 heavy (non-hydrogen) atoms. The molecule has 1 aliphatic heterocycles. The number of carboxylic acid groups (broad SMARTS) is 1. The number of fused-ring (bicyclic) bond motifs is 1. The molecule has 5 aromatic rings. The molecular weight excluding hydrogens is 510 g/mol. The molecule has 1 atom stereocenters. The average molecular weight is 536 g/mol. The number of aromatic nitrogens is 5. The summed E-state index contributed by atoms with van der Waals surface area (Å²) < 4.78 is 7.79. The van der Waals surface area contributed by atoms with Crippen LogP contribution in [0.5, 0.6) is 11.8 Å². The van der Waals surface area contributed by atoms with Crippen LogP contribution in [-0.4, -0.2) is 48.0 Å². The van der Waals surface area contributed by atoms with E-state index in [1.54, 1.807) is 12.3 Å². The van der Waals surface area contributed by atoms with Crippen LogP contribution in [0.4, 0.5) is 11.5 Å². The topological polar surface area (TPSA) is 149 Å². The van der Waals surface area contributed by atoms with E-state index in [-0.39, 0.29) is 12.4 Å². The van der Waals surface area contributed by atoms with Crippen molar-refractivity contribution in [2.75, 3.05) is 17.2 Å². The molecule has 0 radical (unpaired) electrons. The lowest BCUT2D eigenvalue weighted by molar-refractivity contribution is -0.144. The zero-order valence-corrected chi connectivity index (χ0v) is 21.8. The number of aliphatic carboxylic acids is 1. The van der Waals surface area contributed by atoms with Crippen LogP contribution in [-0.2, 0) is 16.6 Å². The number of benzene rings is 2. The smallest absolute Gasteiger partial charge is 0.322 e. The molecule has 1 aliphatic rings. The van der Waals surface area contributed by atoms with Crippen molar-refractivity contribution >= 4 is 34.4 Å². The fourth-order valence-corrected chi connectivity index (χ4v) is 5.13. The third kappa shape index (κ3) is 4.27. The minimum atomic E-state index is -1.09. The van der Waals surface area contributed by atoms with Crippen LogP contribution in [0.1, 0.15) is 12.1 Å². The third-order valence-electron chi connectivity index (χ3n) is 7.08. The largest absolute Gasteiger partial charge is 0.481 e. The number of hydrogen-bond donors (Lipinski definition) is 2. The number of nitrogens with zero attached hydrogens (tertiary/aromatic N) is 6. The summed E-state index contributed by atoms with van der Waals surface area (Å²) in [6.07, 6.45) is 3.37. The zero-order valence-electron chi connectivity index (χ0n) is 21.8. The molecule has 1 saturated heterocycles. The van der Waals surface area contributed by atoms with Gasteiger partial charge >= 0.3 is 12.0 Å². The molecule has 2 aromatic carbocycles. The predicted molar refractivity (Wildman–Crippen MR) is 149 cm³/mol. The van der Waals surface area contributed by atoms with Gasteiger partial charge in [0.1, 0.15) is 29.5 Å². The highest BCUT2D eigenvalue weighted by Gasteiger charge is 2.37. The van der Waals surface area contributed by atoms with Crippen molar-refractivity contribution < 1.29 is 19.4 Å². The molecule has 0 spiro atoms. The van der Waals surface area contributed by atoms with E-state index in [0.717, 1.165) is 33.5 Å². The Kier molecular flexibility index (Phi) is 6.10. The maximum absolute atomic E-state index is 12.6. The molecule has 0 aliphatic carbocycles. The Morgan fingerprint density at radius 3 is 2.42 bits per heavy atom. The van der Waals surface area contributed by atoms with E-state index in [0.29, 0.717) is 29.4 Å². The third-order valence-corrected chi connectivity index (χ3v) is 7.08. The first-order valence-corrected chi connectivity index (χ1v) is 12.6. The molecule has 1 fully saturated rings. The van der Waals surface area contributed by atoms with Gasteiger partial charge in [-0.25, -0.2) is 19.9 Å². The van der Waals surface area contributed by atoms with Gasteiger partial charge in [-0.3, -0.25) is 9.59 Å². The fraction of sp³-hybridized carbons (Fsp3) is 0.172. The monoisotopic (exact) mass is 535 g/mol. The van der Waals surface area contributed by atoms with Crippen molar-refractivity contribution in [2.45, 2.75) is 13.3 Å². The van der Waals surface area contributed by atoms with Gasteiger partial charge in [-0.15, -0.1) is 0 Å². The second kappa shape index (κ2) is 9.77.